The monoisotopic (exact) mass is 461 g/mol. The molecule has 0 aliphatic carbocycles. The van der Waals surface area contributed by atoms with E-state index in [1.54, 1.807) is 23.0 Å². The Hall–Kier alpha value is -3.80. The molecule has 0 aliphatic rings. The molecule has 0 fully saturated rings. The van der Waals surface area contributed by atoms with Gasteiger partial charge in [0.05, 0.1) is 10.5 Å². The molecule has 0 bridgehead atoms. The maximum Gasteiger partial charge on any atom is 0.433 e. The minimum absolute atomic E-state index is 0.100. The van der Waals surface area contributed by atoms with Gasteiger partial charge in [-0.3, -0.25) is 9.20 Å². The smallest absolute Gasteiger partial charge is 0.348 e. The zero-order valence-corrected chi connectivity index (χ0v) is 16.9. The van der Waals surface area contributed by atoms with Crippen molar-refractivity contribution in [3.63, 3.8) is 0 Å². The third-order valence-corrected chi connectivity index (χ3v) is 6.15. The van der Waals surface area contributed by atoms with Gasteiger partial charge in [-0.25, -0.2) is 23.4 Å². The number of sulfone groups is 1. The minimum atomic E-state index is -4.76. The zero-order chi connectivity index (χ0) is 22.9. The standard InChI is InChI=1S/C20H14F3N5O3S/c21-20(22,23)16-2-1-3-17(27-16)32(30,31)15-6-4-13(5-7-15)10-25-18(29)14-11-26-19-24-8-9-28(19)12-14/h1-9,11-12H,10H2,(H,25,29). The molecule has 0 saturated heterocycles. The molecule has 8 nitrogen and oxygen atoms in total. The first kappa shape index (κ1) is 21.4. The summed E-state index contributed by atoms with van der Waals surface area (Å²) in [5.74, 6) is 0.0616. The van der Waals surface area contributed by atoms with Crippen molar-refractivity contribution < 1.29 is 26.4 Å². The van der Waals surface area contributed by atoms with E-state index in [1.165, 1.54) is 30.5 Å². The third-order valence-electron chi connectivity index (χ3n) is 4.48. The van der Waals surface area contributed by atoms with Gasteiger partial charge >= 0.3 is 6.18 Å². The van der Waals surface area contributed by atoms with Gasteiger partial charge in [-0.2, -0.15) is 13.2 Å². The molecule has 0 spiro atoms. The largest absolute Gasteiger partial charge is 0.433 e. The van der Waals surface area contributed by atoms with Crippen LogP contribution in [0, 0.1) is 0 Å². The highest BCUT2D eigenvalue weighted by Gasteiger charge is 2.33. The zero-order valence-electron chi connectivity index (χ0n) is 16.1. The molecule has 164 valence electrons. The predicted octanol–water partition coefficient (Wildman–Crippen LogP) is 2.91. The van der Waals surface area contributed by atoms with E-state index in [0.717, 1.165) is 12.1 Å². The topological polar surface area (TPSA) is 106 Å². The summed E-state index contributed by atoms with van der Waals surface area (Å²) in [4.78, 5) is 23.4. The Balaban J connectivity index is 1.47. The molecule has 3 heterocycles. The van der Waals surface area contributed by atoms with Gasteiger partial charge in [0, 0.05) is 31.3 Å². The fourth-order valence-corrected chi connectivity index (χ4v) is 4.06. The second kappa shape index (κ2) is 8.04. The molecule has 0 saturated carbocycles. The lowest BCUT2D eigenvalue weighted by Gasteiger charge is -2.09. The number of carbonyl (C=O) groups excluding carboxylic acids is 1. The lowest BCUT2D eigenvalue weighted by molar-refractivity contribution is -0.141. The van der Waals surface area contributed by atoms with Crippen molar-refractivity contribution in [2.45, 2.75) is 22.6 Å². The number of carbonyl (C=O) groups is 1. The van der Waals surface area contributed by atoms with Crippen molar-refractivity contribution in [1.29, 1.82) is 0 Å². The van der Waals surface area contributed by atoms with Crippen LogP contribution in [0.2, 0.25) is 0 Å². The van der Waals surface area contributed by atoms with Crippen LogP contribution in [-0.2, 0) is 22.6 Å². The number of hydrogen-bond acceptors (Lipinski definition) is 6. The van der Waals surface area contributed by atoms with Gasteiger partial charge in [-0.15, -0.1) is 0 Å². The van der Waals surface area contributed by atoms with E-state index in [-0.39, 0.29) is 11.4 Å². The summed E-state index contributed by atoms with van der Waals surface area (Å²) in [6, 6.07) is 8.10. The summed E-state index contributed by atoms with van der Waals surface area (Å²) < 4.78 is 65.4. The first-order valence-corrected chi connectivity index (χ1v) is 10.6. The number of halogens is 3. The van der Waals surface area contributed by atoms with Crippen molar-refractivity contribution in [2.24, 2.45) is 0 Å². The van der Waals surface area contributed by atoms with Gasteiger partial charge < -0.3 is 5.32 Å². The van der Waals surface area contributed by atoms with E-state index in [1.807, 2.05) is 0 Å². The molecular weight excluding hydrogens is 447 g/mol. The minimum Gasteiger partial charge on any atom is -0.348 e. The molecule has 32 heavy (non-hydrogen) atoms. The second-order valence-electron chi connectivity index (χ2n) is 6.67. The molecule has 1 amide bonds. The van der Waals surface area contributed by atoms with Gasteiger partial charge in [0.15, 0.2) is 5.03 Å². The highest BCUT2D eigenvalue weighted by atomic mass is 32.2. The average molecular weight is 461 g/mol. The predicted molar refractivity (Wildman–Crippen MR) is 105 cm³/mol. The van der Waals surface area contributed by atoms with Gasteiger partial charge in [0.1, 0.15) is 5.69 Å². The van der Waals surface area contributed by atoms with Crippen molar-refractivity contribution in [3.05, 3.63) is 84.1 Å². The number of alkyl halides is 3. The number of fused-ring (bicyclic) bond motifs is 1. The van der Waals surface area contributed by atoms with Gasteiger partial charge in [-0.05, 0) is 29.8 Å². The molecule has 4 aromatic rings. The number of benzene rings is 1. The molecule has 12 heteroatoms. The summed E-state index contributed by atoms with van der Waals surface area (Å²) in [6.45, 7) is 0.100. The Labute approximate surface area is 179 Å². The summed E-state index contributed by atoms with van der Waals surface area (Å²) in [5, 5.41) is 1.99. The van der Waals surface area contributed by atoms with Crippen LogP contribution in [0.3, 0.4) is 0 Å². The lowest BCUT2D eigenvalue weighted by Crippen LogP contribution is -2.23. The maximum atomic E-state index is 12.8. The number of rotatable bonds is 5. The number of aromatic nitrogens is 4. The molecule has 0 aliphatic heterocycles. The van der Waals surface area contributed by atoms with Gasteiger partial charge in [0.25, 0.3) is 5.91 Å². The van der Waals surface area contributed by atoms with E-state index >= 15 is 0 Å². The summed E-state index contributed by atoms with van der Waals surface area (Å²) in [7, 11) is -4.24. The number of hydrogen-bond donors (Lipinski definition) is 1. The molecule has 1 aromatic carbocycles. The average Bonchev–Trinajstić information content (AvgIpc) is 3.25. The maximum absolute atomic E-state index is 12.8. The van der Waals surface area contributed by atoms with Gasteiger partial charge in [-0.1, -0.05) is 18.2 Å². The van der Waals surface area contributed by atoms with Crippen LogP contribution in [0.4, 0.5) is 13.2 Å². The normalized spacial score (nSPS) is 12.1. The second-order valence-corrected chi connectivity index (χ2v) is 8.56. The van der Waals surface area contributed by atoms with Crippen molar-refractivity contribution in [1.82, 2.24) is 24.7 Å². The van der Waals surface area contributed by atoms with Crippen LogP contribution in [0.15, 0.2) is 77.2 Å². The Kier molecular flexibility index (Phi) is 5.38. The third kappa shape index (κ3) is 4.30. The summed E-state index contributed by atoms with van der Waals surface area (Å²) in [6.07, 6.45) is 1.40. The lowest BCUT2D eigenvalue weighted by atomic mass is 10.2. The molecule has 0 atom stereocenters. The van der Waals surface area contributed by atoms with Crippen LogP contribution in [0.1, 0.15) is 21.6 Å². The van der Waals surface area contributed by atoms with E-state index in [9.17, 15) is 26.4 Å². The van der Waals surface area contributed by atoms with E-state index in [2.05, 4.69) is 20.3 Å². The Morgan fingerprint density at radius 1 is 1.06 bits per heavy atom. The van der Waals surface area contributed by atoms with Crippen molar-refractivity contribution in [2.75, 3.05) is 0 Å². The van der Waals surface area contributed by atoms with Crippen LogP contribution < -0.4 is 5.32 Å². The quantitative estimate of drug-likeness (QED) is 0.490. The summed E-state index contributed by atoms with van der Waals surface area (Å²) >= 11 is 0. The number of nitrogens with one attached hydrogen (secondary N) is 1. The SMILES string of the molecule is O=C(NCc1ccc(S(=O)(=O)c2cccc(C(F)(F)F)n2)cc1)c1cnc2nccn2c1. The van der Waals surface area contributed by atoms with Crippen LogP contribution >= 0.6 is 0 Å². The Bertz CT molecular complexity index is 1400. The first-order chi connectivity index (χ1) is 15.1. The van der Waals surface area contributed by atoms with E-state index in [0.29, 0.717) is 23.0 Å². The Morgan fingerprint density at radius 3 is 2.53 bits per heavy atom. The first-order valence-electron chi connectivity index (χ1n) is 9.10. The Morgan fingerprint density at radius 2 is 1.81 bits per heavy atom. The number of imidazole rings is 1. The van der Waals surface area contributed by atoms with Crippen LogP contribution in [0.5, 0.6) is 0 Å². The molecule has 1 N–H and O–H groups in total. The van der Waals surface area contributed by atoms with Crippen molar-refractivity contribution >= 4 is 21.5 Å². The fraction of sp³-hybridized carbons (Fsp3) is 0.100. The number of nitrogens with zero attached hydrogens (tertiary/aromatic N) is 4. The van der Waals surface area contributed by atoms with E-state index < -0.39 is 32.6 Å². The van der Waals surface area contributed by atoms with Gasteiger partial charge in [0.2, 0.25) is 15.6 Å². The van der Waals surface area contributed by atoms with Crippen LogP contribution in [-0.4, -0.2) is 33.7 Å². The fourth-order valence-electron chi connectivity index (χ4n) is 2.85. The number of pyridine rings is 1. The highest BCUT2D eigenvalue weighted by Crippen LogP contribution is 2.29. The van der Waals surface area contributed by atoms with Crippen LogP contribution in [0.25, 0.3) is 5.78 Å². The number of amides is 1. The molecule has 0 unspecified atom stereocenters. The molecule has 4 rings (SSSR count). The van der Waals surface area contributed by atoms with Crippen molar-refractivity contribution in [3.8, 4) is 0 Å². The highest BCUT2D eigenvalue weighted by molar-refractivity contribution is 7.91. The molecule has 0 radical (unpaired) electrons. The molecular formula is C20H14F3N5O3S. The van der Waals surface area contributed by atoms with E-state index in [4.69, 9.17) is 0 Å². The summed E-state index contributed by atoms with van der Waals surface area (Å²) in [5.41, 5.74) is -0.391. The molecule has 3 aromatic heterocycles.